The fourth-order valence-electron chi connectivity index (χ4n) is 3.41. The summed E-state index contributed by atoms with van der Waals surface area (Å²) in [6.07, 6.45) is 4.24. The highest BCUT2D eigenvalue weighted by Crippen LogP contribution is 2.30. The van der Waals surface area contributed by atoms with Crippen LogP contribution < -0.4 is 9.80 Å². The number of anilines is 2. The molecule has 0 radical (unpaired) electrons. The molecule has 0 N–H and O–H groups in total. The third-order valence-electron chi connectivity index (χ3n) is 4.71. The molecule has 126 valence electrons. The largest absolute Gasteiger partial charge is 0.370 e. The van der Waals surface area contributed by atoms with Gasteiger partial charge in [-0.3, -0.25) is 0 Å². The maximum atomic E-state index is 6.00. The van der Waals surface area contributed by atoms with Crippen molar-refractivity contribution in [1.29, 1.82) is 0 Å². The molecular formula is C18H21BrN4O. The van der Waals surface area contributed by atoms with Crippen LogP contribution in [0.3, 0.4) is 0 Å². The lowest BCUT2D eigenvalue weighted by Gasteiger charge is -2.34. The van der Waals surface area contributed by atoms with Crippen molar-refractivity contribution in [2.45, 2.75) is 18.9 Å². The minimum Gasteiger partial charge on any atom is -0.370 e. The van der Waals surface area contributed by atoms with Crippen LogP contribution in [0, 0.1) is 0 Å². The lowest BCUT2D eigenvalue weighted by Crippen LogP contribution is -2.39. The first-order valence-corrected chi connectivity index (χ1v) is 9.28. The molecule has 0 spiro atoms. The highest BCUT2D eigenvalue weighted by Gasteiger charge is 2.25. The van der Waals surface area contributed by atoms with Crippen molar-refractivity contribution in [2.24, 2.45) is 0 Å². The summed E-state index contributed by atoms with van der Waals surface area (Å²) < 4.78 is 7.10. The highest BCUT2D eigenvalue weighted by molar-refractivity contribution is 9.10. The van der Waals surface area contributed by atoms with Gasteiger partial charge in [0, 0.05) is 36.7 Å². The van der Waals surface area contributed by atoms with Gasteiger partial charge < -0.3 is 14.5 Å². The molecule has 1 aromatic carbocycles. The Labute approximate surface area is 150 Å². The summed E-state index contributed by atoms with van der Waals surface area (Å²) in [6.45, 7) is 4.56. The number of hydrogen-bond donors (Lipinski definition) is 0. The van der Waals surface area contributed by atoms with Crippen LogP contribution in [-0.2, 0) is 4.74 Å². The van der Waals surface area contributed by atoms with E-state index in [4.69, 9.17) is 4.74 Å². The van der Waals surface area contributed by atoms with Crippen molar-refractivity contribution < 1.29 is 4.74 Å². The SMILES string of the molecule is Brc1ccccc1C1CN(c2cc(N3CCCC3)ncn2)CCO1. The average Bonchev–Trinajstić information content (AvgIpc) is 3.17. The third kappa shape index (κ3) is 3.26. The maximum absolute atomic E-state index is 6.00. The van der Waals surface area contributed by atoms with Gasteiger partial charge in [0.05, 0.1) is 6.61 Å². The lowest BCUT2D eigenvalue weighted by atomic mass is 10.1. The summed E-state index contributed by atoms with van der Waals surface area (Å²) in [6, 6.07) is 10.4. The Morgan fingerprint density at radius 2 is 1.75 bits per heavy atom. The first kappa shape index (κ1) is 15.8. The smallest absolute Gasteiger partial charge is 0.134 e. The molecule has 2 saturated heterocycles. The normalized spacial score (nSPS) is 21.3. The van der Waals surface area contributed by atoms with Crippen LogP contribution in [-0.4, -0.2) is 42.8 Å². The van der Waals surface area contributed by atoms with Crippen molar-refractivity contribution in [3.63, 3.8) is 0 Å². The molecule has 0 saturated carbocycles. The monoisotopic (exact) mass is 388 g/mol. The van der Waals surface area contributed by atoms with Gasteiger partial charge in [0.25, 0.3) is 0 Å². The topological polar surface area (TPSA) is 41.5 Å². The van der Waals surface area contributed by atoms with Crippen LogP contribution in [0.25, 0.3) is 0 Å². The molecule has 2 aliphatic heterocycles. The summed E-state index contributed by atoms with van der Waals surface area (Å²) in [5, 5.41) is 0. The molecule has 1 atom stereocenters. The van der Waals surface area contributed by atoms with Gasteiger partial charge in [-0.05, 0) is 24.5 Å². The quantitative estimate of drug-likeness (QED) is 0.805. The van der Waals surface area contributed by atoms with E-state index in [1.54, 1.807) is 6.33 Å². The van der Waals surface area contributed by atoms with Crippen molar-refractivity contribution >= 4 is 27.6 Å². The van der Waals surface area contributed by atoms with Gasteiger partial charge in [-0.15, -0.1) is 0 Å². The third-order valence-corrected chi connectivity index (χ3v) is 5.43. The Morgan fingerprint density at radius 1 is 1.00 bits per heavy atom. The molecule has 2 aromatic rings. The molecule has 0 aliphatic carbocycles. The predicted molar refractivity (Wildman–Crippen MR) is 98.5 cm³/mol. The standard InChI is InChI=1S/C18H21BrN4O/c19-15-6-2-1-5-14(15)16-12-23(9-10-24-16)18-11-17(20-13-21-18)22-7-3-4-8-22/h1-2,5-6,11,13,16H,3-4,7-10,12H2. The molecule has 0 amide bonds. The molecule has 3 heterocycles. The Bertz CT molecular complexity index is 705. The van der Waals surface area contributed by atoms with Crippen molar-refractivity contribution in [1.82, 2.24) is 9.97 Å². The number of rotatable bonds is 3. The molecule has 5 nitrogen and oxygen atoms in total. The van der Waals surface area contributed by atoms with Gasteiger partial charge in [-0.2, -0.15) is 0 Å². The first-order valence-electron chi connectivity index (χ1n) is 8.49. The highest BCUT2D eigenvalue weighted by atomic mass is 79.9. The average molecular weight is 389 g/mol. The van der Waals surface area contributed by atoms with E-state index in [1.165, 1.54) is 18.4 Å². The predicted octanol–water partition coefficient (Wildman–Crippen LogP) is 3.42. The van der Waals surface area contributed by atoms with Gasteiger partial charge in [0.1, 0.15) is 24.1 Å². The van der Waals surface area contributed by atoms with Crippen LogP contribution in [0.2, 0.25) is 0 Å². The zero-order valence-electron chi connectivity index (χ0n) is 13.6. The second-order valence-electron chi connectivity index (χ2n) is 6.26. The molecule has 1 unspecified atom stereocenters. The van der Waals surface area contributed by atoms with Gasteiger partial charge >= 0.3 is 0 Å². The van der Waals surface area contributed by atoms with Gasteiger partial charge in [-0.1, -0.05) is 34.1 Å². The zero-order chi connectivity index (χ0) is 16.4. The zero-order valence-corrected chi connectivity index (χ0v) is 15.2. The van der Waals surface area contributed by atoms with E-state index in [-0.39, 0.29) is 6.10 Å². The van der Waals surface area contributed by atoms with Crippen molar-refractivity contribution in [3.05, 3.63) is 46.7 Å². The molecule has 0 bridgehead atoms. The molecule has 2 fully saturated rings. The fourth-order valence-corrected chi connectivity index (χ4v) is 3.95. The van der Waals surface area contributed by atoms with Crippen LogP contribution in [0.5, 0.6) is 0 Å². The molecule has 2 aliphatic rings. The number of aromatic nitrogens is 2. The minimum atomic E-state index is 0.0551. The molecule has 4 rings (SSSR count). The number of ether oxygens (including phenoxy) is 1. The molecule has 1 aromatic heterocycles. The summed E-state index contributed by atoms with van der Waals surface area (Å²) >= 11 is 3.63. The van der Waals surface area contributed by atoms with E-state index in [0.717, 1.165) is 42.3 Å². The van der Waals surface area contributed by atoms with Crippen LogP contribution >= 0.6 is 15.9 Å². The van der Waals surface area contributed by atoms with E-state index in [2.05, 4.69) is 60.0 Å². The summed E-state index contributed by atoms with van der Waals surface area (Å²) in [4.78, 5) is 13.6. The molecular weight excluding hydrogens is 368 g/mol. The van der Waals surface area contributed by atoms with E-state index in [0.29, 0.717) is 6.61 Å². The maximum Gasteiger partial charge on any atom is 0.134 e. The van der Waals surface area contributed by atoms with E-state index >= 15 is 0 Å². The number of hydrogen-bond acceptors (Lipinski definition) is 5. The van der Waals surface area contributed by atoms with Gasteiger partial charge in [-0.25, -0.2) is 9.97 Å². The van der Waals surface area contributed by atoms with E-state index in [1.807, 2.05) is 6.07 Å². The first-order chi connectivity index (χ1) is 11.8. The second-order valence-corrected chi connectivity index (χ2v) is 7.11. The Balaban J connectivity index is 1.54. The second kappa shape index (κ2) is 7.07. The number of morpholine rings is 1. The lowest BCUT2D eigenvalue weighted by molar-refractivity contribution is 0.0391. The van der Waals surface area contributed by atoms with Crippen LogP contribution in [0.4, 0.5) is 11.6 Å². The van der Waals surface area contributed by atoms with Crippen LogP contribution in [0.15, 0.2) is 41.1 Å². The fraction of sp³-hybridized carbons (Fsp3) is 0.444. The van der Waals surface area contributed by atoms with E-state index < -0.39 is 0 Å². The summed E-state index contributed by atoms with van der Waals surface area (Å²) in [5.74, 6) is 2.04. The Kier molecular flexibility index (Phi) is 4.67. The number of nitrogens with zero attached hydrogens (tertiary/aromatic N) is 4. The summed E-state index contributed by atoms with van der Waals surface area (Å²) in [7, 11) is 0. The summed E-state index contributed by atoms with van der Waals surface area (Å²) in [5.41, 5.74) is 1.19. The van der Waals surface area contributed by atoms with Gasteiger partial charge in [0.15, 0.2) is 0 Å². The number of benzene rings is 1. The minimum absolute atomic E-state index is 0.0551. The van der Waals surface area contributed by atoms with E-state index in [9.17, 15) is 0 Å². The molecule has 24 heavy (non-hydrogen) atoms. The van der Waals surface area contributed by atoms with Crippen molar-refractivity contribution in [3.8, 4) is 0 Å². The Morgan fingerprint density at radius 3 is 2.54 bits per heavy atom. The molecule has 6 heteroatoms. The van der Waals surface area contributed by atoms with Crippen molar-refractivity contribution in [2.75, 3.05) is 42.6 Å². The van der Waals surface area contributed by atoms with Gasteiger partial charge in [0.2, 0.25) is 0 Å². The van der Waals surface area contributed by atoms with Crippen LogP contribution in [0.1, 0.15) is 24.5 Å². The number of halogens is 1. The Hall–Kier alpha value is -1.66.